The van der Waals surface area contributed by atoms with E-state index in [0.29, 0.717) is 12.6 Å². The molecule has 0 bridgehead atoms. The number of halogens is 1. The Hall–Kier alpha value is -1.30. The van der Waals surface area contributed by atoms with Crippen LogP contribution in [0.4, 0.5) is 0 Å². The minimum atomic E-state index is -0.708. The number of benzene rings is 1. The largest absolute Gasteiger partial charge is 0.491 e. The lowest BCUT2D eigenvalue weighted by Crippen LogP contribution is -2.40. The maximum absolute atomic E-state index is 11.5. The number of nitrogens with one attached hydrogen (secondary N) is 2. The fourth-order valence-corrected chi connectivity index (χ4v) is 1.78. The van der Waals surface area contributed by atoms with Crippen LogP contribution in [0.15, 0.2) is 24.3 Å². The van der Waals surface area contributed by atoms with E-state index in [0.717, 1.165) is 24.2 Å². The van der Waals surface area contributed by atoms with Crippen LogP contribution in [0.25, 0.3) is 0 Å². The van der Waals surface area contributed by atoms with Gasteiger partial charge in [0.05, 0.1) is 6.54 Å². The molecule has 0 radical (unpaired) electrons. The highest BCUT2D eigenvalue weighted by Gasteiger charge is 2.21. The van der Waals surface area contributed by atoms with Gasteiger partial charge in [-0.2, -0.15) is 0 Å². The number of aliphatic hydroxyl groups is 1. The molecule has 21 heavy (non-hydrogen) atoms. The van der Waals surface area contributed by atoms with Crippen LogP contribution in [0.5, 0.6) is 5.75 Å². The van der Waals surface area contributed by atoms with E-state index in [1.165, 1.54) is 0 Å². The monoisotopic (exact) mass is 314 g/mol. The van der Waals surface area contributed by atoms with Crippen LogP contribution in [-0.2, 0) is 4.79 Å². The van der Waals surface area contributed by atoms with Gasteiger partial charge in [0.2, 0.25) is 5.91 Å². The maximum atomic E-state index is 11.5. The molecule has 1 unspecified atom stereocenters. The van der Waals surface area contributed by atoms with Crippen molar-refractivity contribution in [3.63, 3.8) is 0 Å². The minimum absolute atomic E-state index is 0. The zero-order chi connectivity index (χ0) is 14.4. The molecular weight excluding hydrogens is 292 g/mol. The van der Waals surface area contributed by atoms with Gasteiger partial charge in [0, 0.05) is 12.6 Å². The highest BCUT2D eigenvalue weighted by atomic mass is 35.5. The molecule has 0 aromatic heterocycles. The second-order valence-electron chi connectivity index (χ2n) is 5.24. The van der Waals surface area contributed by atoms with E-state index in [4.69, 9.17) is 4.74 Å². The first-order valence-electron chi connectivity index (χ1n) is 7.01. The highest BCUT2D eigenvalue weighted by Crippen LogP contribution is 2.17. The van der Waals surface area contributed by atoms with Crippen molar-refractivity contribution in [1.82, 2.24) is 10.6 Å². The predicted octanol–water partition coefficient (Wildman–Crippen LogP) is 1.02. The van der Waals surface area contributed by atoms with E-state index in [9.17, 15) is 9.90 Å². The maximum Gasteiger partial charge on any atom is 0.234 e. The van der Waals surface area contributed by atoms with Crippen molar-refractivity contribution < 1.29 is 14.6 Å². The Bertz CT molecular complexity index is 452. The van der Waals surface area contributed by atoms with Gasteiger partial charge in [-0.1, -0.05) is 12.1 Å². The Morgan fingerprint density at radius 3 is 2.90 bits per heavy atom. The number of aryl methyl sites for hydroxylation is 1. The van der Waals surface area contributed by atoms with Gasteiger partial charge in [-0.25, -0.2) is 0 Å². The number of carbonyl (C=O) groups excluding carboxylic acids is 1. The number of rotatable bonds is 8. The molecule has 0 aliphatic heterocycles. The molecule has 1 amide bonds. The molecule has 3 N–H and O–H groups in total. The fourth-order valence-electron chi connectivity index (χ4n) is 1.78. The summed E-state index contributed by atoms with van der Waals surface area (Å²) < 4.78 is 5.47. The Balaban J connectivity index is 0.00000220. The predicted molar refractivity (Wildman–Crippen MR) is 84.0 cm³/mol. The van der Waals surface area contributed by atoms with Gasteiger partial charge in [0.25, 0.3) is 0 Å². The van der Waals surface area contributed by atoms with E-state index >= 15 is 0 Å². The van der Waals surface area contributed by atoms with Gasteiger partial charge in [-0.15, -0.1) is 12.4 Å². The molecule has 1 atom stereocenters. The molecule has 0 heterocycles. The van der Waals surface area contributed by atoms with Gasteiger partial charge in [-0.3, -0.25) is 4.79 Å². The number of ether oxygens (including phenoxy) is 1. The lowest BCUT2D eigenvalue weighted by Gasteiger charge is -2.13. The molecule has 1 fully saturated rings. The van der Waals surface area contributed by atoms with Crippen molar-refractivity contribution in [2.75, 3.05) is 19.7 Å². The van der Waals surface area contributed by atoms with Gasteiger partial charge < -0.3 is 20.5 Å². The highest BCUT2D eigenvalue weighted by molar-refractivity contribution is 5.85. The molecule has 0 spiro atoms. The van der Waals surface area contributed by atoms with Gasteiger partial charge in [-0.05, 0) is 37.5 Å². The Morgan fingerprint density at radius 1 is 1.48 bits per heavy atom. The zero-order valence-electron chi connectivity index (χ0n) is 12.2. The molecule has 2 rings (SSSR count). The average Bonchev–Trinajstić information content (AvgIpc) is 3.25. The first-order valence-corrected chi connectivity index (χ1v) is 7.01. The second kappa shape index (κ2) is 8.87. The van der Waals surface area contributed by atoms with Crippen molar-refractivity contribution in [3.05, 3.63) is 29.8 Å². The molecule has 1 aromatic carbocycles. The number of carbonyl (C=O) groups is 1. The Kier molecular flexibility index (Phi) is 7.50. The summed E-state index contributed by atoms with van der Waals surface area (Å²) in [7, 11) is 0. The molecule has 1 aliphatic carbocycles. The smallest absolute Gasteiger partial charge is 0.234 e. The molecule has 118 valence electrons. The number of hydrogen-bond acceptors (Lipinski definition) is 4. The molecule has 1 saturated carbocycles. The third-order valence-electron chi connectivity index (χ3n) is 3.10. The first kappa shape index (κ1) is 17.8. The van der Waals surface area contributed by atoms with Gasteiger partial charge in [0.1, 0.15) is 18.5 Å². The zero-order valence-corrected chi connectivity index (χ0v) is 13.0. The fraction of sp³-hybridized carbons (Fsp3) is 0.533. The standard InChI is InChI=1S/C15H22N2O3.ClH/c1-11-3-2-4-14(7-11)20-10-13(18)8-17-15(19)9-16-12-5-6-12;/h2-4,7,12-13,16,18H,5-6,8-10H2,1H3,(H,17,19);1H. The summed E-state index contributed by atoms with van der Waals surface area (Å²) in [6.07, 6.45) is 1.60. The summed E-state index contributed by atoms with van der Waals surface area (Å²) in [5.74, 6) is 0.636. The summed E-state index contributed by atoms with van der Waals surface area (Å²) in [6, 6.07) is 8.15. The normalized spacial score (nSPS) is 15.0. The van der Waals surface area contributed by atoms with Crippen LogP contribution in [0.3, 0.4) is 0 Å². The van der Waals surface area contributed by atoms with E-state index < -0.39 is 6.10 Å². The second-order valence-corrected chi connectivity index (χ2v) is 5.24. The summed E-state index contributed by atoms with van der Waals surface area (Å²) >= 11 is 0. The summed E-state index contributed by atoms with van der Waals surface area (Å²) in [5.41, 5.74) is 1.11. The molecule has 1 aromatic rings. The van der Waals surface area contributed by atoms with Gasteiger partial charge in [0.15, 0.2) is 0 Å². The quantitative estimate of drug-likeness (QED) is 0.670. The van der Waals surface area contributed by atoms with Crippen LogP contribution in [0, 0.1) is 6.92 Å². The average molecular weight is 315 g/mol. The first-order chi connectivity index (χ1) is 9.63. The lowest BCUT2D eigenvalue weighted by atomic mass is 10.2. The summed E-state index contributed by atoms with van der Waals surface area (Å²) in [4.78, 5) is 11.5. The lowest BCUT2D eigenvalue weighted by molar-refractivity contribution is -0.120. The third kappa shape index (κ3) is 7.32. The Labute approximate surface area is 131 Å². The molecule has 5 nitrogen and oxygen atoms in total. The summed E-state index contributed by atoms with van der Waals surface area (Å²) in [5, 5.41) is 15.6. The van der Waals surface area contributed by atoms with E-state index in [1.807, 2.05) is 31.2 Å². The topological polar surface area (TPSA) is 70.6 Å². The van der Waals surface area contributed by atoms with E-state index in [-0.39, 0.29) is 31.5 Å². The van der Waals surface area contributed by atoms with Crippen molar-refractivity contribution in [2.45, 2.75) is 31.9 Å². The Morgan fingerprint density at radius 2 is 2.24 bits per heavy atom. The third-order valence-corrected chi connectivity index (χ3v) is 3.10. The van der Waals surface area contributed by atoms with Gasteiger partial charge >= 0.3 is 0 Å². The minimum Gasteiger partial charge on any atom is -0.491 e. The molecule has 1 aliphatic rings. The van der Waals surface area contributed by atoms with Crippen LogP contribution in [-0.4, -0.2) is 42.9 Å². The van der Waals surface area contributed by atoms with Crippen LogP contribution in [0.1, 0.15) is 18.4 Å². The van der Waals surface area contributed by atoms with E-state index in [1.54, 1.807) is 0 Å². The SMILES string of the molecule is Cc1cccc(OCC(O)CNC(=O)CNC2CC2)c1.Cl. The molecule has 0 saturated heterocycles. The number of amides is 1. The molecular formula is C15H23ClN2O3. The van der Waals surface area contributed by atoms with Crippen LogP contribution >= 0.6 is 12.4 Å². The van der Waals surface area contributed by atoms with Crippen LogP contribution < -0.4 is 15.4 Å². The van der Waals surface area contributed by atoms with Crippen molar-refractivity contribution >= 4 is 18.3 Å². The van der Waals surface area contributed by atoms with E-state index in [2.05, 4.69) is 10.6 Å². The van der Waals surface area contributed by atoms with Crippen molar-refractivity contribution in [2.24, 2.45) is 0 Å². The van der Waals surface area contributed by atoms with Crippen molar-refractivity contribution in [1.29, 1.82) is 0 Å². The molecule has 6 heteroatoms. The number of hydrogen-bond donors (Lipinski definition) is 3. The number of aliphatic hydroxyl groups excluding tert-OH is 1. The van der Waals surface area contributed by atoms with Crippen LogP contribution in [0.2, 0.25) is 0 Å². The van der Waals surface area contributed by atoms with Crippen molar-refractivity contribution in [3.8, 4) is 5.75 Å². The summed E-state index contributed by atoms with van der Waals surface area (Å²) in [6.45, 7) is 2.67.